The topological polar surface area (TPSA) is 55.5 Å². The molecule has 0 saturated heterocycles. The molecular formula is C22H22N2O3. The molecule has 0 N–H and O–H groups in total. The highest BCUT2D eigenvalue weighted by Gasteiger charge is 2.18. The van der Waals surface area contributed by atoms with Gasteiger partial charge in [0.15, 0.2) is 5.58 Å². The van der Waals surface area contributed by atoms with Gasteiger partial charge >= 0.3 is 5.76 Å². The number of hydrogen-bond donors (Lipinski definition) is 0. The van der Waals surface area contributed by atoms with Gasteiger partial charge in [0.1, 0.15) is 0 Å². The Labute approximate surface area is 157 Å². The van der Waals surface area contributed by atoms with E-state index in [1.54, 1.807) is 10.6 Å². The fourth-order valence-electron chi connectivity index (χ4n) is 3.58. The second-order valence-corrected chi connectivity index (χ2v) is 6.78. The lowest BCUT2D eigenvalue weighted by Gasteiger charge is -2.26. The van der Waals surface area contributed by atoms with Crippen molar-refractivity contribution in [1.82, 2.24) is 9.47 Å². The van der Waals surface area contributed by atoms with Gasteiger partial charge < -0.3 is 9.32 Å². The number of fused-ring (bicyclic) bond motifs is 1. The molecule has 2 aromatic carbocycles. The molecule has 1 aliphatic heterocycles. The number of aromatic nitrogens is 1. The maximum Gasteiger partial charge on any atom is 0.419 e. The monoisotopic (exact) mass is 362 g/mol. The smallest absolute Gasteiger partial charge is 0.408 e. The molecule has 0 radical (unpaired) electrons. The van der Waals surface area contributed by atoms with E-state index in [-0.39, 0.29) is 11.7 Å². The number of benzene rings is 2. The summed E-state index contributed by atoms with van der Waals surface area (Å²) in [6, 6.07) is 17.7. The van der Waals surface area contributed by atoms with Crippen molar-refractivity contribution in [2.45, 2.75) is 25.8 Å². The molecule has 2 heterocycles. The highest BCUT2D eigenvalue weighted by atomic mass is 16.4. The summed E-state index contributed by atoms with van der Waals surface area (Å²) in [7, 11) is 0. The van der Waals surface area contributed by atoms with Crippen LogP contribution in [0.15, 0.2) is 69.9 Å². The molecule has 0 aliphatic carbocycles. The number of nitrogens with zero attached hydrogens (tertiary/aromatic N) is 2. The van der Waals surface area contributed by atoms with Crippen molar-refractivity contribution < 1.29 is 9.21 Å². The lowest BCUT2D eigenvalue weighted by atomic mass is 9.99. The van der Waals surface area contributed by atoms with Crippen molar-refractivity contribution in [2.24, 2.45) is 0 Å². The average Bonchev–Trinajstić information content (AvgIpc) is 3.04. The van der Waals surface area contributed by atoms with Crippen LogP contribution in [0, 0.1) is 0 Å². The summed E-state index contributed by atoms with van der Waals surface area (Å²) in [6.07, 6.45) is 4.07. The summed E-state index contributed by atoms with van der Waals surface area (Å²) in [4.78, 5) is 26.4. The Balaban J connectivity index is 1.33. The summed E-state index contributed by atoms with van der Waals surface area (Å²) in [5, 5.41) is 0. The van der Waals surface area contributed by atoms with E-state index in [1.165, 1.54) is 11.1 Å². The Hall–Kier alpha value is -3.08. The van der Waals surface area contributed by atoms with Crippen molar-refractivity contribution in [3.05, 3.63) is 76.8 Å². The van der Waals surface area contributed by atoms with Crippen LogP contribution < -0.4 is 5.76 Å². The minimum Gasteiger partial charge on any atom is -0.408 e. The van der Waals surface area contributed by atoms with Gasteiger partial charge in [-0.2, -0.15) is 0 Å². The molecular weight excluding hydrogens is 340 g/mol. The first-order valence-electron chi connectivity index (χ1n) is 9.33. The van der Waals surface area contributed by atoms with Crippen molar-refractivity contribution in [3.63, 3.8) is 0 Å². The second-order valence-electron chi connectivity index (χ2n) is 6.78. The molecule has 0 fully saturated rings. The van der Waals surface area contributed by atoms with Crippen LogP contribution in [0.5, 0.6) is 0 Å². The molecule has 0 bridgehead atoms. The van der Waals surface area contributed by atoms with Crippen LogP contribution in [-0.2, 0) is 11.3 Å². The quantitative estimate of drug-likeness (QED) is 0.695. The van der Waals surface area contributed by atoms with Gasteiger partial charge in [0.2, 0.25) is 5.91 Å². The van der Waals surface area contributed by atoms with Gasteiger partial charge in [0.05, 0.1) is 5.52 Å². The predicted molar refractivity (Wildman–Crippen MR) is 105 cm³/mol. The molecule has 5 heteroatoms. The van der Waals surface area contributed by atoms with Crippen molar-refractivity contribution in [2.75, 3.05) is 13.1 Å². The van der Waals surface area contributed by atoms with Crippen LogP contribution >= 0.6 is 0 Å². The van der Waals surface area contributed by atoms with Gasteiger partial charge in [-0.1, -0.05) is 48.5 Å². The van der Waals surface area contributed by atoms with E-state index in [4.69, 9.17) is 4.42 Å². The number of amides is 1. The molecule has 0 unspecified atom stereocenters. The van der Waals surface area contributed by atoms with E-state index in [2.05, 4.69) is 18.2 Å². The molecule has 4 rings (SSSR count). The molecule has 27 heavy (non-hydrogen) atoms. The van der Waals surface area contributed by atoms with Gasteiger partial charge in [-0.3, -0.25) is 9.36 Å². The number of carbonyl (C=O) groups is 1. The molecule has 1 amide bonds. The number of hydrogen-bond acceptors (Lipinski definition) is 3. The normalized spacial score (nSPS) is 14.4. The molecule has 0 spiro atoms. The van der Waals surface area contributed by atoms with E-state index in [9.17, 15) is 9.59 Å². The second kappa shape index (κ2) is 7.66. The van der Waals surface area contributed by atoms with Gasteiger partial charge in [-0.05, 0) is 36.1 Å². The first-order valence-corrected chi connectivity index (χ1v) is 9.33. The van der Waals surface area contributed by atoms with E-state index in [0.29, 0.717) is 31.5 Å². The van der Waals surface area contributed by atoms with E-state index >= 15 is 0 Å². The molecule has 0 atom stereocenters. The van der Waals surface area contributed by atoms with Crippen molar-refractivity contribution >= 4 is 22.6 Å². The maximum absolute atomic E-state index is 12.5. The fraction of sp³-hybridized carbons (Fsp3) is 0.273. The average molecular weight is 362 g/mol. The summed E-state index contributed by atoms with van der Waals surface area (Å²) in [5.74, 6) is -0.226. The zero-order chi connectivity index (χ0) is 18.6. The van der Waals surface area contributed by atoms with Gasteiger partial charge in [0, 0.05) is 26.1 Å². The Morgan fingerprint density at radius 1 is 1.04 bits per heavy atom. The lowest BCUT2D eigenvalue weighted by molar-refractivity contribution is -0.130. The van der Waals surface area contributed by atoms with Crippen LogP contribution in [0.2, 0.25) is 0 Å². The van der Waals surface area contributed by atoms with Gasteiger partial charge in [-0.15, -0.1) is 0 Å². The van der Waals surface area contributed by atoms with Crippen LogP contribution in [0.1, 0.15) is 24.8 Å². The number of carbonyl (C=O) groups excluding carboxylic acids is 1. The van der Waals surface area contributed by atoms with Crippen LogP contribution in [0.25, 0.3) is 16.7 Å². The minimum atomic E-state index is -0.364. The Bertz CT molecular complexity index is 1030. The third-order valence-corrected chi connectivity index (χ3v) is 5.05. The fourth-order valence-corrected chi connectivity index (χ4v) is 3.58. The first kappa shape index (κ1) is 17.3. The maximum atomic E-state index is 12.5. The SMILES string of the molecule is O=C(CCCn1c(=O)oc2ccccc21)N1CC=C(c2ccccc2)CC1. The zero-order valence-electron chi connectivity index (χ0n) is 15.1. The molecule has 5 nitrogen and oxygen atoms in total. The van der Waals surface area contributed by atoms with E-state index < -0.39 is 0 Å². The third-order valence-electron chi connectivity index (χ3n) is 5.05. The third kappa shape index (κ3) is 3.72. The number of para-hydroxylation sites is 2. The van der Waals surface area contributed by atoms with Gasteiger partial charge in [0.25, 0.3) is 0 Å². The molecule has 1 aromatic heterocycles. The Morgan fingerprint density at radius 2 is 1.81 bits per heavy atom. The number of oxazole rings is 1. The number of aryl methyl sites for hydroxylation is 1. The van der Waals surface area contributed by atoms with Crippen LogP contribution in [0.3, 0.4) is 0 Å². The standard InChI is InChI=1S/C22H22N2O3/c25-21(23-15-12-18(13-16-23)17-7-2-1-3-8-17)11-6-14-24-19-9-4-5-10-20(19)27-22(24)26/h1-5,7-10,12H,6,11,13-16H2. The van der Waals surface area contributed by atoms with Gasteiger partial charge in [-0.25, -0.2) is 4.79 Å². The largest absolute Gasteiger partial charge is 0.419 e. The highest BCUT2D eigenvalue weighted by molar-refractivity contribution is 5.78. The Morgan fingerprint density at radius 3 is 2.59 bits per heavy atom. The molecule has 3 aromatic rings. The van der Waals surface area contributed by atoms with E-state index in [0.717, 1.165) is 18.5 Å². The van der Waals surface area contributed by atoms with Crippen molar-refractivity contribution in [3.8, 4) is 0 Å². The van der Waals surface area contributed by atoms with Crippen LogP contribution in [-0.4, -0.2) is 28.5 Å². The molecule has 138 valence electrons. The number of rotatable bonds is 5. The van der Waals surface area contributed by atoms with Crippen molar-refractivity contribution in [1.29, 1.82) is 0 Å². The summed E-state index contributed by atoms with van der Waals surface area (Å²) in [6.45, 7) is 1.88. The summed E-state index contributed by atoms with van der Waals surface area (Å²) in [5.41, 5.74) is 3.90. The lowest BCUT2D eigenvalue weighted by Crippen LogP contribution is -2.34. The minimum absolute atomic E-state index is 0.138. The highest BCUT2D eigenvalue weighted by Crippen LogP contribution is 2.22. The first-order chi connectivity index (χ1) is 13.2. The predicted octanol–water partition coefficient (Wildman–Crippen LogP) is 3.69. The molecule has 0 saturated carbocycles. The van der Waals surface area contributed by atoms with Crippen LogP contribution in [0.4, 0.5) is 0 Å². The molecule has 1 aliphatic rings. The Kier molecular flexibility index (Phi) is 4.92. The zero-order valence-corrected chi connectivity index (χ0v) is 15.1. The summed E-state index contributed by atoms with van der Waals surface area (Å²) >= 11 is 0. The summed E-state index contributed by atoms with van der Waals surface area (Å²) < 4.78 is 6.83. The van der Waals surface area contributed by atoms with E-state index in [1.807, 2.05) is 41.3 Å².